The number of aromatic nitrogens is 1. The number of ether oxygens (including phenoxy) is 1. The van der Waals surface area contributed by atoms with E-state index in [0.29, 0.717) is 42.3 Å². The highest BCUT2D eigenvalue weighted by atomic mass is 32.2. The molecule has 3 aliphatic rings. The van der Waals surface area contributed by atoms with Crippen LogP contribution in [0.1, 0.15) is 37.8 Å². The zero-order valence-electron chi connectivity index (χ0n) is 13.7. The van der Waals surface area contributed by atoms with E-state index in [0.717, 1.165) is 13.0 Å². The van der Waals surface area contributed by atoms with Crippen molar-refractivity contribution in [1.82, 2.24) is 15.2 Å². The summed E-state index contributed by atoms with van der Waals surface area (Å²) < 4.78 is 37.3. The van der Waals surface area contributed by atoms with Gasteiger partial charge < -0.3 is 14.6 Å². The highest BCUT2D eigenvalue weighted by Gasteiger charge is 2.64. The first-order chi connectivity index (χ1) is 11.6. The molecular formula is C16H25N3O4S. The molecule has 0 amide bonds. The van der Waals surface area contributed by atoms with Gasteiger partial charge in [0.15, 0.2) is 0 Å². The summed E-state index contributed by atoms with van der Waals surface area (Å²) in [6.07, 6.45) is 7.99. The van der Waals surface area contributed by atoms with Crippen LogP contribution >= 0.6 is 0 Å². The number of fused-ring (bicyclic) bond motifs is 2. The number of nitrogens with zero attached hydrogens (tertiary/aromatic N) is 1. The Hall–Kier alpha value is -0.960. The topological polar surface area (TPSA) is 93.5 Å². The van der Waals surface area contributed by atoms with Gasteiger partial charge in [0.25, 0.3) is 0 Å². The lowest BCUT2D eigenvalue weighted by atomic mass is 9.54. The zero-order valence-corrected chi connectivity index (χ0v) is 14.6. The third kappa shape index (κ3) is 2.89. The minimum atomic E-state index is -3.37. The van der Waals surface area contributed by atoms with Crippen molar-refractivity contribution < 1.29 is 17.7 Å². The van der Waals surface area contributed by atoms with Gasteiger partial charge in [-0.2, -0.15) is 0 Å². The maximum atomic E-state index is 12.0. The van der Waals surface area contributed by atoms with Crippen LogP contribution < -0.4 is 10.0 Å². The predicted octanol–water partition coefficient (Wildman–Crippen LogP) is 1.03. The summed E-state index contributed by atoms with van der Waals surface area (Å²) in [5.41, 5.74) is 0.728. The third-order valence-electron chi connectivity index (χ3n) is 5.93. The summed E-state index contributed by atoms with van der Waals surface area (Å²) in [4.78, 5) is 0. The molecule has 1 saturated heterocycles. The first-order valence-corrected chi connectivity index (χ1v) is 10.5. The largest absolute Gasteiger partial charge is 0.377 e. The van der Waals surface area contributed by atoms with Crippen LogP contribution in [0.5, 0.6) is 0 Å². The Morgan fingerprint density at radius 3 is 2.88 bits per heavy atom. The normalized spacial score (nSPS) is 31.2. The molecule has 3 atom stereocenters. The summed E-state index contributed by atoms with van der Waals surface area (Å²) >= 11 is 0. The van der Waals surface area contributed by atoms with Crippen LogP contribution in [-0.2, 0) is 20.5 Å². The van der Waals surface area contributed by atoms with E-state index in [1.54, 1.807) is 6.07 Å². The van der Waals surface area contributed by atoms with E-state index >= 15 is 0 Å². The number of sulfonamides is 1. The molecular weight excluding hydrogens is 330 g/mol. The highest BCUT2D eigenvalue weighted by Crippen LogP contribution is 2.60. The van der Waals surface area contributed by atoms with Crippen LogP contribution in [0.3, 0.4) is 0 Å². The van der Waals surface area contributed by atoms with E-state index in [-0.39, 0.29) is 5.75 Å². The molecule has 0 bridgehead atoms. The van der Waals surface area contributed by atoms with Crippen molar-refractivity contribution in [3.8, 4) is 0 Å². The number of rotatable bonds is 7. The van der Waals surface area contributed by atoms with Gasteiger partial charge in [-0.05, 0) is 19.3 Å². The Bertz CT molecular complexity index is 655. The molecule has 7 nitrogen and oxygen atoms in total. The van der Waals surface area contributed by atoms with Crippen LogP contribution in [0.25, 0.3) is 0 Å². The van der Waals surface area contributed by atoms with Gasteiger partial charge in [-0.15, -0.1) is 0 Å². The van der Waals surface area contributed by atoms with Crippen molar-refractivity contribution in [2.45, 2.75) is 50.0 Å². The van der Waals surface area contributed by atoms with Crippen molar-refractivity contribution in [1.29, 1.82) is 0 Å². The second kappa shape index (κ2) is 6.40. The Labute approximate surface area is 142 Å². The molecule has 0 aromatic carbocycles. The van der Waals surface area contributed by atoms with Gasteiger partial charge in [0.1, 0.15) is 12.0 Å². The molecule has 2 saturated carbocycles. The Morgan fingerprint density at radius 2 is 2.12 bits per heavy atom. The molecule has 1 aromatic rings. The van der Waals surface area contributed by atoms with Gasteiger partial charge in [-0.1, -0.05) is 18.0 Å². The molecule has 1 spiro atoms. The lowest BCUT2D eigenvalue weighted by Gasteiger charge is -2.57. The monoisotopic (exact) mass is 355 g/mol. The standard InChI is InChI=1S/C16H25N3O4S/c20-24(21,11-12-3-10-23-19-12)18-8-7-17-14-13-4-9-22-15(13)16(14)5-1-2-6-16/h3,10,13-15,17-18H,1-2,4-9,11H2/t13-,14?,15-/m1/s1. The van der Waals surface area contributed by atoms with Crippen LogP contribution in [0.2, 0.25) is 0 Å². The van der Waals surface area contributed by atoms with Gasteiger partial charge in [0.2, 0.25) is 10.0 Å². The molecule has 1 unspecified atom stereocenters. The number of hydrogen-bond donors (Lipinski definition) is 2. The van der Waals surface area contributed by atoms with E-state index in [1.807, 2.05) is 0 Å². The summed E-state index contributed by atoms with van der Waals surface area (Å²) in [5.74, 6) is 0.463. The maximum absolute atomic E-state index is 12.0. The lowest BCUT2D eigenvalue weighted by Crippen LogP contribution is -2.67. The molecule has 0 radical (unpaired) electrons. The van der Waals surface area contributed by atoms with E-state index in [9.17, 15) is 8.42 Å². The summed E-state index contributed by atoms with van der Waals surface area (Å²) in [6.45, 7) is 1.91. The quantitative estimate of drug-likeness (QED) is 0.710. The smallest absolute Gasteiger partial charge is 0.217 e. The van der Waals surface area contributed by atoms with Crippen LogP contribution in [0.15, 0.2) is 16.9 Å². The minimum absolute atomic E-state index is 0.143. The second-order valence-electron chi connectivity index (χ2n) is 7.26. The van der Waals surface area contributed by atoms with Crippen LogP contribution in [-0.4, -0.2) is 45.4 Å². The van der Waals surface area contributed by atoms with Gasteiger partial charge in [-0.3, -0.25) is 0 Å². The van der Waals surface area contributed by atoms with Crippen molar-refractivity contribution >= 4 is 10.0 Å². The van der Waals surface area contributed by atoms with Gasteiger partial charge >= 0.3 is 0 Å². The van der Waals surface area contributed by atoms with Crippen molar-refractivity contribution in [3.63, 3.8) is 0 Å². The average Bonchev–Trinajstić information content (AvgIpc) is 3.26. The Morgan fingerprint density at radius 1 is 1.29 bits per heavy atom. The molecule has 4 rings (SSSR count). The van der Waals surface area contributed by atoms with Gasteiger partial charge in [0.05, 0.1) is 11.8 Å². The Balaban J connectivity index is 1.27. The average molecular weight is 355 g/mol. The molecule has 134 valence electrons. The minimum Gasteiger partial charge on any atom is -0.377 e. The molecule has 1 aromatic heterocycles. The SMILES string of the molecule is O=S(=O)(Cc1ccon1)NCCNC1[C@H]2CCO[C@H]2C12CCCC2. The molecule has 2 aliphatic carbocycles. The van der Waals surface area contributed by atoms with E-state index < -0.39 is 10.0 Å². The maximum Gasteiger partial charge on any atom is 0.217 e. The highest BCUT2D eigenvalue weighted by molar-refractivity contribution is 7.88. The summed E-state index contributed by atoms with van der Waals surface area (Å²) in [6, 6.07) is 2.04. The zero-order chi connectivity index (χ0) is 16.6. The Kier molecular flexibility index (Phi) is 4.40. The third-order valence-corrected chi connectivity index (χ3v) is 7.25. The van der Waals surface area contributed by atoms with Gasteiger partial charge in [-0.25, -0.2) is 13.1 Å². The first kappa shape index (κ1) is 16.5. The predicted molar refractivity (Wildman–Crippen MR) is 87.7 cm³/mol. The number of nitrogens with one attached hydrogen (secondary N) is 2. The molecule has 24 heavy (non-hydrogen) atoms. The van der Waals surface area contributed by atoms with E-state index in [2.05, 4.69) is 19.7 Å². The van der Waals surface area contributed by atoms with Crippen molar-refractivity contribution in [2.24, 2.45) is 11.3 Å². The molecule has 1 aliphatic heterocycles. The van der Waals surface area contributed by atoms with Crippen molar-refractivity contribution in [3.05, 3.63) is 18.0 Å². The van der Waals surface area contributed by atoms with E-state index in [4.69, 9.17) is 4.74 Å². The van der Waals surface area contributed by atoms with Crippen LogP contribution in [0, 0.1) is 11.3 Å². The first-order valence-electron chi connectivity index (χ1n) is 8.82. The summed E-state index contributed by atoms with van der Waals surface area (Å²) in [5, 5.41) is 7.25. The summed E-state index contributed by atoms with van der Waals surface area (Å²) in [7, 11) is -3.37. The van der Waals surface area contributed by atoms with Crippen LogP contribution in [0.4, 0.5) is 0 Å². The lowest BCUT2D eigenvalue weighted by molar-refractivity contribution is -0.130. The van der Waals surface area contributed by atoms with Gasteiger partial charge in [0, 0.05) is 43.1 Å². The fraction of sp³-hybridized carbons (Fsp3) is 0.812. The van der Waals surface area contributed by atoms with E-state index in [1.165, 1.54) is 31.9 Å². The van der Waals surface area contributed by atoms with Crippen molar-refractivity contribution in [2.75, 3.05) is 19.7 Å². The second-order valence-corrected chi connectivity index (χ2v) is 9.07. The fourth-order valence-corrected chi connectivity index (χ4v) is 6.05. The molecule has 3 fully saturated rings. The molecule has 2 heterocycles. The fourth-order valence-electron chi connectivity index (χ4n) is 5.00. The molecule has 2 N–H and O–H groups in total. The molecule has 8 heteroatoms. The number of hydrogen-bond acceptors (Lipinski definition) is 6.